The molecule has 0 fully saturated rings. The predicted octanol–water partition coefficient (Wildman–Crippen LogP) is -1.17. The van der Waals surface area contributed by atoms with Crippen molar-refractivity contribution in [1.29, 1.82) is 0 Å². The van der Waals surface area contributed by atoms with E-state index in [-0.39, 0.29) is 19.2 Å². The van der Waals surface area contributed by atoms with Crippen molar-refractivity contribution in [2.45, 2.75) is 12.5 Å². The number of aliphatic hydroxyl groups excluding tert-OH is 2. The zero-order valence-electron chi connectivity index (χ0n) is 8.06. The van der Waals surface area contributed by atoms with Crippen molar-refractivity contribution >= 4 is 5.97 Å². The highest BCUT2D eigenvalue weighted by molar-refractivity contribution is 5.69. The Bertz CT molecular complexity index is 149. The normalized spacial score (nSPS) is 13.0. The van der Waals surface area contributed by atoms with Gasteiger partial charge in [-0.25, -0.2) is 0 Å². The van der Waals surface area contributed by atoms with Gasteiger partial charge in [0, 0.05) is 6.54 Å². The van der Waals surface area contributed by atoms with Crippen LogP contribution in [-0.4, -0.2) is 61.0 Å². The lowest BCUT2D eigenvalue weighted by atomic mass is 10.4. The smallest absolute Gasteiger partial charge is 0.307 e. The van der Waals surface area contributed by atoms with Crippen molar-refractivity contribution < 1.29 is 19.7 Å². The van der Waals surface area contributed by atoms with Gasteiger partial charge >= 0.3 is 5.97 Å². The fraction of sp³-hybridized carbons (Fsp3) is 0.875. The first kappa shape index (κ1) is 12.3. The van der Waals surface area contributed by atoms with Gasteiger partial charge in [-0.15, -0.1) is 0 Å². The second kappa shape index (κ2) is 6.82. The molecule has 2 N–H and O–H groups in total. The maximum absolute atomic E-state index is 10.9. The van der Waals surface area contributed by atoms with E-state index in [0.717, 1.165) is 0 Å². The molecule has 0 heterocycles. The molecule has 0 aliphatic rings. The maximum atomic E-state index is 10.9. The van der Waals surface area contributed by atoms with Crippen molar-refractivity contribution in [2.24, 2.45) is 0 Å². The molecule has 0 unspecified atom stereocenters. The number of esters is 1. The maximum Gasteiger partial charge on any atom is 0.307 e. The Morgan fingerprint density at radius 2 is 2.15 bits per heavy atom. The topological polar surface area (TPSA) is 70.0 Å². The molecule has 1 atom stereocenters. The highest BCUT2D eigenvalue weighted by Crippen LogP contribution is 1.90. The largest absolute Gasteiger partial charge is 0.463 e. The molecule has 0 radical (unpaired) electrons. The number of rotatable bonds is 6. The number of carbonyl (C=O) groups excluding carboxylic acids is 1. The second-order valence-corrected chi connectivity index (χ2v) is 3.07. The Labute approximate surface area is 77.9 Å². The summed E-state index contributed by atoms with van der Waals surface area (Å²) < 4.78 is 4.67. The van der Waals surface area contributed by atoms with Gasteiger partial charge in [-0.2, -0.15) is 0 Å². The van der Waals surface area contributed by atoms with Crippen LogP contribution in [0.2, 0.25) is 0 Å². The zero-order chi connectivity index (χ0) is 10.3. The van der Waals surface area contributed by atoms with Gasteiger partial charge in [0.2, 0.25) is 0 Å². The van der Waals surface area contributed by atoms with Crippen LogP contribution in [0.3, 0.4) is 0 Å². The van der Waals surface area contributed by atoms with Gasteiger partial charge in [0.25, 0.3) is 0 Å². The number of ether oxygens (including phenoxy) is 1. The number of hydrogen-bond donors (Lipinski definition) is 2. The van der Waals surface area contributed by atoms with Gasteiger partial charge < -0.3 is 19.8 Å². The van der Waals surface area contributed by atoms with Gasteiger partial charge in [-0.3, -0.25) is 4.79 Å². The molecule has 0 rings (SSSR count). The van der Waals surface area contributed by atoms with Gasteiger partial charge in [0.05, 0.1) is 13.0 Å². The van der Waals surface area contributed by atoms with Crippen LogP contribution in [-0.2, 0) is 9.53 Å². The van der Waals surface area contributed by atoms with Crippen molar-refractivity contribution in [1.82, 2.24) is 4.90 Å². The summed E-state index contributed by atoms with van der Waals surface area (Å²) in [4.78, 5) is 12.8. The monoisotopic (exact) mass is 191 g/mol. The first-order valence-corrected chi connectivity index (χ1v) is 4.15. The Hall–Kier alpha value is -0.650. The molecule has 0 amide bonds. The van der Waals surface area contributed by atoms with Crippen LogP contribution in [0.4, 0.5) is 0 Å². The lowest BCUT2D eigenvalue weighted by Crippen LogP contribution is -2.24. The van der Waals surface area contributed by atoms with Crippen LogP contribution in [0.15, 0.2) is 0 Å². The third kappa shape index (κ3) is 7.70. The molecular weight excluding hydrogens is 174 g/mol. The number of hydrogen-bond acceptors (Lipinski definition) is 5. The number of aliphatic hydroxyl groups is 2. The van der Waals surface area contributed by atoms with E-state index in [1.165, 1.54) is 0 Å². The summed E-state index contributed by atoms with van der Waals surface area (Å²) in [5, 5.41) is 17.3. The quantitative estimate of drug-likeness (QED) is 0.518. The van der Waals surface area contributed by atoms with Crippen LogP contribution >= 0.6 is 0 Å². The molecule has 0 saturated carbocycles. The van der Waals surface area contributed by atoms with Gasteiger partial charge in [0.1, 0.15) is 12.7 Å². The van der Waals surface area contributed by atoms with Gasteiger partial charge in [0.15, 0.2) is 0 Å². The first-order chi connectivity index (χ1) is 6.06. The lowest BCUT2D eigenvalue weighted by Gasteiger charge is -2.10. The van der Waals surface area contributed by atoms with E-state index in [0.29, 0.717) is 13.0 Å². The van der Waals surface area contributed by atoms with E-state index < -0.39 is 6.10 Å². The van der Waals surface area contributed by atoms with Crippen LogP contribution in [0, 0.1) is 0 Å². The predicted molar refractivity (Wildman–Crippen MR) is 47.2 cm³/mol. The summed E-state index contributed by atoms with van der Waals surface area (Å²) in [6.07, 6.45) is -0.672. The fourth-order valence-corrected chi connectivity index (χ4v) is 0.629. The van der Waals surface area contributed by atoms with E-state index in [2.05, 4.69) is 4.74 Å². The van der Waals surface area contributed by atoms with Crippen molar-refractivity contribution in [3.63, 3.8) is 0 Å². The number of nitrogens with zero attached hydrogens (tertiary/aromatic N) is 1. The van der Waals surface area contributed by atoms with Crippen LogP contribution in [0.25, 0.3) is 0 Å². The Morgan fingerprint density at radius 1 is 1.54 bits per heavy atom. The Morgan fingerprint density at radius 3 is 2.62 bits per heavy atom. The molecule has 0 aromatic rings. The van der Waals surface area contributed by atoms with Crippen LogP contribution in [0.5, 0.6) is 0 Å². The average Bonchev–Trinajstić information content (AvgIpc) is 2.10. The highest BCUT2D eigenvalue weighted by atomic mass is 16.5. The molecule has 0 bridgehead atoms. The molecule has 13 heavy (non-hydrogen) atoms. The molecule has 0 aromatic heterocycles. The molecule has 0 aliphatic heterocycles. The summed E-state index contributed by atoms with van der Waals surface area (Å²) >= 11 is 0. The molecule has 5 heteroatoms. The molecular formula is C8H17NO4. The SMILES string of the molecule is CN(C)CCC(=O)OC[C@H](O)CO. The summed E-state index contributed by atoms with van der Waals surface area (Å²) in [6.45, 7) is 0.0950. The van der Waals surface area contributed by atoms with Crippen molar-refractivity contribution in [3.8, 4) is 0 Å². The third-order valence-corrected chi connectivity index (χ3v) is 1.41. The minimum atomic E-state index is -0.969. The van der Waals surface area contributed by atoms with Gasteiger partial charge in [-0.05, 0) is 14.1 Å². The van der Waals surface area contributed by atoms with E-state index in [1.54, 1.807) is 0 Å². The van der Waals surface area contributed by atoms with Crippen LogP contribution in [0.1, 0.15) is 6.42 Å². The van der Waals surface area contributed by atoms with E-state index in [4.69, 9.17) is 10.2 Å². The van der Waals surface area contributed by atoms with Crippen molar-refractivity contribution in [3.05, 3.63) is 0 Å². The molecule has 0 aliphatic carbocycles. The standard InChI is InChI=1S/C8H17NO4/c1-9(2)4-3-8(12)13-6-7(11)5-10/h7,10-11H,3-6H2,1-2H3/t7-/m1/s1. The van der Waals surface area contributed by atoms with Crippen LogP contribution < -0.4 is 0 Å². The summed E-state index contributed by atoms with van der Waals surface area (Å²) in [5.74, 6) is -0.360. The molecule has 0 saturated heterocycles. The number of carbonyl (C=O) groups is 1. The highest BCUT2D eigenvalue weighted by Gasteiger charge is 2.07. The molecule has 0 spiro atoms. The third-order valence-electron chi connectivity index (χ3n) is 1.41. The Kier molecular flexibility index (Phi) is 6.48. The van der Waals surface area contributed by atoms with E-state index >= 15 is 0 Å². The van der Waals surface area contributed by atoms with Gasteiger partial charge in [-0.1, -0.05) is 0 Å². The van der Waals surface area contributed by atoms with E-state index in [9.17, 15) is 4.79 Å². The summed E-state index contributed by atoms with van der Waals surface area (Å²) in [5.41, 5.74) is 0. The molecule has 78 valence electrons. The lowest BCUT2D eigenvalue weighted by molar-refractivity contribution is -0.147. The first-order valence-electron chi connectivity index (χ1n) is 4.15. The fourth-order valence-electron chi connectivity index (χ4n) is 0.629. The molecule has 5 nitrogen and oxygen atoms in total. The Balaban J connectivity index is 3.40. The average molecular weight is 191 g/mol. The second-order valence-electron chi connectivity index (χ2n) is 3.07. The van der Waals surface area contributed by atoms with Crippen molar-refractivity contribution in [2.75, 3.05) is 33.9 Å². The summed E-state index contributed by atoms with van der Waals surface area (Å²) in [6, 6.07) is 0. The summed E-state index contributed by atoms with van der Waals surface area (Å²) in [7, 11) is 3.71. The van der Waals surface area contributed by atoms with E-state index in [1.807, 2.05) is 19.0 Å². The minimum Gasteiger partial charge on any atom is -0.463 e. The molecule has 0 aromatic carbocycles. The minimum absolute atomic E-state index is 0.136. The zero-order valence-corrected chi connectivity index (χ0v) is 8.06.